The number of hydrogen-bond acceptors (Lipinski definition) is 4. The van der Waals surface area contributed by atoms with Gasteiger partial charge in [-0.1, -0.05) is 11.2 Å². The molecule has 1 heterocycles. The number of rotatable bonds is 4. The van der Waals surface area contributed by atoms with Crippen molar-refractivity contribution in [3.8, 4) is 0 Å². The third-order valence-electron chi connectivity index (χ3n) is 3.71. The molecule has 3 N–H and O–H groups in total. The van der Waals surface area contributed by atoms with Gasteiger partial charge >= 0.3 is 0 Å². The van der Waals surface area contributed by atoms with Gasteiger partial charge in [0.25, 0.3) is 0 Å². The third kappa shape index (κ3) is 3.01. The molecule has 1 aliphatic heterocycles. The summed E-state index contributed by atoms with van der Waals surface area (Å²) in [5, 5.41) is 11.7. The Hall–Kier alpha value is -1.82. The van der Waals surface area contributed by atoms with Crippen LogP contribution in [-0.4, -0.2) is 37.8 Å². The minimum absolute atomic E-state index is 0.167. The van der Waals surface area contributed by atoms with Crippen LogP contribution < -0.4 is 10.6 Å². The van der Waals surface area contributed by atoms with Crippen LogP contribution in [0, 0.1) is 11.7 Å². The lowest BCUT2D eigenvalue weighted by atomic mass is 9.96. The van der Waals surface area contributed by atoms with Gasteiger partial charge in [-0.25, -0.2) is 4.39 Å². The van der Waals surface area contributed by atoms with E-state index in [1.165, 1.54) is 6.07 Å². The maximum atomic E-state index is 13.9. The molecule has 0 radical (unpaired) electrons. The van der Waals surface area contributed by atoms with Gasteiger partial charge in [-0.05, 0) is 30.9 Å². The van der Waals surface area contributed by atoms with Crippen LogP contribution in [0.25, 0.3) is 0 Å². The van der Waals surface area contributed by atoms with Crippen LogP contribution in [0.2, 0.25) is 0 Å². The predicted octanol–water partition coefficient (Wildman–Crippen LogP) is 1.78. The Labute approximate surface area is 117 Å². The van der Waals surface area contributed by atoms with E-state index in [1.807, 2.05) is 0 Å². The molecule has 0 spiro atoms. The highest BCUT2D eigenvalue weighted by molar-refractivity contribution is 6.02. The van der Waals surface area contributed by atoms with Crippen LogP contribution in [0.1, 0.15) is 18.4 Å². The summed E-state index contributed by atoms with van der Waals surface area (Å²) in [4.78, 5) is 2.07. The van der Waals surface area contributed by atoms with Crippen molar-refractivity contribution < 1.29 is 14.3 Å². The summed E-state index contributed by atoms with van der Waals surface area (Å²) >= 11 is 0. The summed E-state index contributed by atoms with van der Waals surface area (Å²) in [6, 6.07) is 4.75. The molecule has 1 fully saturated rings. The van der Waals surface area contributed by atoms with E-state index in [0.29, 0.717) is 11.6 Å². The number of methoxy groups -OCH3 is 1. The SMILES string of the molecule is COCC1CCN(c2cccc(F)c2C(N)=NO)CC1. The van der Waals surface area contributed by atoms with Crippen molar-refractivity contribution in [2.24, 2.45) is 16.8 Å². The van der Waals surface area contributed by atoms with Crippen LogP contribution in [0.5, 0.6) is 0 Å². The highest BCUT2D eigenvalue weighted by atomic mass is 19.1. The average molecular weight is 281 g/mol. The number of nitrogens with zero attached hydrogens (tertiary/aromatic N) is 2. The van der Waals surface area contributed by atoms with E-state index in [4.69, 9.17) is 15.7 Å². The highest BCUT2D eigenvalue weighted by Gasteiger charge is 2.23. The minimum Gasteiger partial charge on any atom is -0.409 e. The van der Waals surface area contributed by atoms with E-state index in [-0.39, 0.29) is 11.4 Å². The van der Waals surface area contributed by atoms with Gasteiger partial charge in [0.1, 0.15) is 5.82 Å². The number of nitrogens with two attached hydrogens (primary N) is 1. The maximum Gasteiger partial charge on any atom is 0.175 e. The molecule has 1 aromatic carbocycles. The van der Waals surface area contributed by atoms with E-state index in [0.717, 1.165) is 32.5 Å². The Morgan fingerprint density at radius 3 is 2.80 bits per heavy atom. The molecule has 0 unspecified atom stereocenters. The Morgan fingerprint density at radius 2 is 2.20 bits per heavy atom. The normalized spacial score (nSPS) is 17.5. The monoisotopic (exact) mass is 281 g/mol. The second-order valence-corrected chi connectivity index (χ2v) is 5.00. The third-order valence-corrected chi connectivity index (χ3v) is 3.71. The summed E-state index contributed by atoms with van der Waals surface area (Å²) in [6.45, 7) is 2.37. The first-order valence-electron chi connectivity index (χ1n) is 6.67. The lowest BCUT2D eigenvalue weighted by Gasteiger charge is -2.34. The molecule has 1 saturated heterocycles. The molecule has 0 saturated carbocycles. The number of halogens is 1. The molecule has 1 aromatic rings. The Kier molecular flexibility index (Phi) is 4.79. The number of amidine groups is 1. The zero-order valence-corrected chi connectivity index (χ0v) is 11.6. The largest absolute Gasteiger partial charge is 0.409 e. The van der Waals surface area contributed by atoms with Crippen molar-refractivity contribution in [3.63, 3.8) is 0 Å². The smallest absolute Gasteiger partial charge is 0.175 e. The Bertz CT molecular complexity index is 485. The van der Waals surface area contributed by atoms with E-state index < -0.39 is 5.82 Å². The second-order valence-electron chi connectivity index (χ2n) is 5.00. The van der Waals surface area contributed by atoms with Crippen molar-refractivity contribution in [1.29, 1.82) is 0 Å². The fraction of sp³-hybridized carbons (Fsp3) is 0.500. The summed E-state index contributed by atoms with van der Waals surface area (Å²) < 4.78 is 19.1. The first-order chi connectivity index (χ1) is 9.67. The number of benzene rings is 1. The number of hydrogen-bond donors (Lipinski definition) is 2. The molecule has 0 bridgehead atoms. The second kappa shape index (κ2) is 6.56. The Balaban J connectivity index is 2.20. The van der Waals surface area contributed by atoms with Crippen LogP contribution in [0.15, 0.2) is 23.4 Å². The van der Waals surface area contributed by atoms with Gasteiger partial charge in [-0.3, -0.25) is 0 Å². The lowest BCUT2D eigenvalue weighted by molar-refractivity contribution is 0.139. The van der Waals surface area contributed by atoms with E-state index >= 15 is 0 Å². The van der Waals surface area contributed by atoms with Gasteiger partial charge in [0.2, 0.25) is 0 Å². The molecule has 0 amide bonds. The van der Waals surface area contributed by atoms with Crippen LogP contribution in [0.3, 0.4) is 0 Å². The molecular weight excluding hydrogens is 261 g/mol. The summed E-state index contributed by atoms with van der Waals surface area (Å²) in [7, 11) is 1.70. The van der Waals surface area contributed by atoms with Gasteiger partial charge in [-0.2, -0.15) is 0 Å². The minimum atomic E-state index is -0.475. The molecule has 0 aliphatic carbocycles. The fourth-order valence-electron chi connectivity index (χ4n) is 2.66. The maximum absolute atomic E-state index is 13.9. The summed E-state index contributed by atoms with van der Waals surface area (Å²) in [6.07, 6.45) is 1.97. The lowest BCUT2D eigenvalue weighted by Crippen LogP contribution is -2.36. The molecule has 5 nitrogen and oxygen atoms in total. The molecule has 0 aromatic heterocycles. The van der Waals surface area contributed by atoms with Gasteiger partial charge < -0.3 is 20.6 Å². The van der Waals surface area contributed by atoms with Crippen LogP contribution in [0.4, 0.5) is 10.1 Å². The quantitative estimate of drug-likeness (QED) is 0.382. The first kappa shape index (κ1) is 14.6. The molecular formula is C14H20FN3O2. The molecule has 1 aliphatic rings. The van der Waals surface area contributed by atoms with E-state index in [2.05, 4.69) is 10.1 Å². The predicted molar refractivity (Wildman–Crippen MR) is 75.7 cm³/mol. The van der Waals surface area contributed by atoms with Crippen molar-refractivity contribution in [2.45, 2.75) is 12.8 Å². The molecule has 2 rings (SSSR count). The van der Waals surface area contributed by atoms with Crippen molar-refractivity contribution in [3.05, 3.63) is 29.6 Å². The highest BCUT2D eigenvalue weighted by Crippen LogP contribution is 2.28. The Morgan fingerprint density at radius 1 is 1.50 bits per heavy atom. The number of piperidine rings is 1. The zero-order chi connectivity index (χ0) is 14.5. The van der Waals surface area contributed by atoms with Gasteiger partial charge in [0, 0.05) is 26.8 Å². The van der Waals surface area contributed by atoms with Gasteiger partial charge in [0.15, 0.2) is 5.84 Å². The number of oxime groups is 1. The number of ether oxygens (including phenoxy) is 1. The molecule has 6 heteroatoms. The fourth-order valence-corrected chi connectivity index (χ4v) is 2.66. The molecule has 110 valence electrons. The van der Waals surface area contributed by atoms with Gasteiger partial charge in [-0.15, -0.1) is 0 Å². The van der Waals surface area contributed by atoms with Crippen molar-refractivity contribution in [2.75, 3.05) is 31.7 Å². The summed E-state index contributed by atoms with van der Waals surface area (Å²) in [5.41, 5.74) is 6.43. The van der Waals surface area contributed by atoms with Gasteiger partial charge in [0.05, 0.1) is 11.3 Å². The van der Waals surface area contributed by atoms with Crippen molar-refractivity contribution in [1.82, 2.24) is 0 Å². The zero-order valence-electron chi connectivity index (χ0n) is 11.6. The first-order valence-corrected chi connectivity index (χ1v) is 6.67. The van der Waals surface area contributed by atoms with E-state index in [1.54, 1.807) is 19.2 Å². The van der Waals surface area contributed by atoms with Crippen LogP contribution >= 0.6 is 0 Å². The van der Waals surface area contributed by atoms with Crippen molar-refractivity contribution >= 4 is 11.5 Å². The topological polar surface area (TPSA) is 71.1 Å². The average Bonchev–Trinajstić information content (AvgIpc) is 2.47. The van der Waals surface area contributed by atoms with E-state index in [9.17, 15) is 4.39 Å². The molecule has 0 atom stereocenters. The standard InChI is InChI=1S/C14H20FN3O2/c1-20-9-10-5-7-18(8-6-10)12-4-2-3-11(15)13(12)14(16)17-19/h2-4,10,19H,5-9H2,1H3,(H2,16,17). The summed E-state index contributed by atoms with van der Waals surface area (Å²) in [5.74, 6) is -0.133. The number of anilines is 1. The molecule has 20 heavy (non-hydrogen) atoms. The van der Waals surface area contributed by atoms with Crippen LogP contribution in [-0.2, 0) is 4.74 Å².